The van der Waals surface area contributed by atoms with Crippen LogP contribution in [0.5, 0.6) is 0 Å². The van der Waals surface area contributed by atoms with Crippen LogP contribution >= 0.6 is 0 Å². The molecule has 3 heterocycles. The third-order valence-corrected chi connectivity index (χ3v) is 5.69. The van der Waals surface area contributed by atoms with Crippen molar-refractivity contribution in [2.45, 2.75) is 39.3 Å². The summed E-state index contributed by atoms with van der Waals surface area (Å²) in [6.07, 6.45) is 2.15. The molecule has 0 aliphatic carbocycles. The number of aliphatic carboxylic acids is 1. The number of nitrogens with zero attached hydrogens (tertiary/aromatic N) is 4. The molecule has 1 amide bonds. The van der Waals surface area contributed by atoms with E-state index >= 15 is 0 Å². The molecule has 4 rings (SSSR count). The molecule has 0 saturated carbocycles. The van der Waals surface area contributed by atoms with Gasteiger partial charge in [-0.15, -0.1) is 0 Å². The van der Waals surface area contributed by atoms with Gasteiger partial charge in [0.25, 0.3) is 5.91 Å². The zero-order valence-electron chi connectivity index (χ0n) is 16.7. The minimum atomic E-state index is -0.856. The number of benzene rings is 1. The van der Waals surface area contributed by atoms with Gasteiger partial charge in [0.15, 0.2) is 5.65 Å². The Morgan fingerprint density at radius 3 is 2.55 bits per heavy atom. The van der Waals surface area contributed by atoms with Gasteiger partial charge in [-0.25, -0.2) is 9.67 Å². The summed E-state index contributed by atoms with van der Waals surface area (Å²) in [5.74, 6) is -1.57. The third-order valence-electron chi connectivity index (χ3n) is 5.69. The summed E-state index contributed by atoms with van der Waals surface area (Å²) in [5.41, 5.74) is 2.79. The normalized spacial score (nSPS) is 19.2. The number of carbonyl (C=O) groups excluding carboxylic acids is 1. The number of hydrogen-bond acceptors (Lipinski definition) is 4. The number of rotatable bonds is 4. The van der Waals surface area contributed by atoms with E-state index in [1.807, 2.05) is 48.9 Å². The molecule has 29 heavy (non-hydrogen) atoms. The number of pyridine rings is 1. The maximum Gasteiger partial charge on any atom is 0.308 e. The molecule has 7 nitrogen and oxygen atoms in total. The van der Waals surface area contributed by atoms with E-state index < -0.39 is 11.9 Å². The van der Waals surface area contributed by atoms with E-state index in [2.05, 4.69) is 5.10 Å². The maximum absolute atomic E-state index is 13.5. The second-order valence-corrected chi connectivity index (χ2v) is 7.81. The summed E-state index contributed by atoms with van der Waals surface area (Å²) < 4.78 is 1.81. The quantitative estimate of drug-likeness (QED) is 0.733. The van der Waals surface area contributed by atoms with Crippen molar-refractivity contribution in [1.82, 2.24) is 19.7 Å². The first-order valence-corrected chi connectivity index (χ1v) is 9.86. The summed E-state index contributed by atoms with van der Waals surface area (Å²) in [4.78, 5) is 31.4. The maximum atomic E-state index is 13.5. The minimum Gasteiger partial charge on any atom is -0.481 e. The first-order chi connectivity index (χ1) is 13.9. The minimum absolute atomic E-state index is 0.0936. The predicted octanol–water partition coefficient (Wildman–Crippen LogP) is 3.61. The Morgan fingerprint density at radius 1 is 1.21 bits per heavy atom. The van der Waals surface area contributed by atoms with E-state index in [0.717, 1.165) is 5.56 Å². The van der Waals surface area contributed by atoms with Crippen molar-refractivity contribution in [3.8, 4) is 11.3 Å². The van der Waals surface area contributed by atoms with Crippen molar-refractivity contribution in [1.29, 1.82) is 0 Å². The highest BCUT2D eigenvalue weighted by molar-refractivity contribution is 6.07. The van der Waals surface area contributed by atoms with Gasteiger partial charge >= 0.3 is 5.97 Å². The first kappa shape index (κ1) is 19.1. The largest absolute Gasteiger partial charge is 0.481 e. The lowest BCUT2D eigenvalue weighted by Crippen LogP contribution is -2.37. The first-order valence-electron chi connectivity index (χ1n) is 9.86. The second-order valence-electron chi connectivity index (χ2n) is 7.81. The summed E-state index contributed by atoms with van der Waals surface area (Å²) in [7, 11) is 0. The summed E-state index contributed by atoms with van der Waals surface area (Å²) >= 11 is 0. The Balaban J connectivity index is 1.85. The third kappa shape index (κ3) is 3.26. The molecule has 1 aromatic carbocycles. The highest BCUT2D eigenvalue weighted by Crippen LogP contribution is 2.31. The highest BCUT2D eigenvalue weighted by Gasteiger charge is 2.39. The molecule has 7 heteroatoms. The molecule has 1 saturated heterocycles. The molecule has 2 aromatic heterocycles. The smallest absolute Gasteiger partial charge is 0.308 e. The number of carboxylic acids is 1. The average molecular weight is 392 g/mol. The molecule has 1 aliphatic rings. The van der Waals surface area contributed by atoms with E-state index in [4.69, 9.17) is 4.98 Å². The van der Waals surface area contributed by atoms with Gasteiger partial charge in [-0.05, 0) is 33.3 Å². The highest BCUT2D eigenvalue weighted by atomic mass is 16.4. The molecule has 0 spiro atoms. The topological polar surface area (TPSA) is 88.3 Å². The Kier molecular flexibility index (Phi) is 4.82. The fourth-order valence-electron chi connectivity index (χ4n) is 4.04. The number of carbonyl (C=O) groups is 2. The molecular weight excluding hydrogens is 368 g/mol. The number of aromatic nitrogens is 3. The molecule has 1 N–H and O–H groups in total. The van der Waals surface area contributed by atoms with Crippen molar-refractivity contribution in [3.63, 3.8) is 0 Å². The Bertz CT molecular complexity index is 1070. The van der Waals surface area contributed by atoms with Crippen LogP contribution in [-0.2, 0) is 4.79 Å². The van der Waals surface area contributed by atoms with Crippen molar-refractivity contribution in [2.75, 3.05) is 6.54 Å². The van der Waals surface area contributed by atoms with Gasteiger partial charge in [0.2, 0.25) is 0 Å². The second kappa shape index (κ2) is 7.31. The van der Waals surface area contributed by atoms with E-state index in [-0.39, 0.29) is 18.0 Å². The van der Waals surface area contributed by atoms with Crippen molar-refractivity contribution >= 4 is 22.9 Å². The summed E-state index contributed by atoms with van der Waals surface area (Å²) in [6.45, 7) is 6.27. The van der Waals surface area contributed by atoms with E-state index in [1.165, 1.54) is 0 Å². The molecule has 2 unspecified atom stereocenters. The molecule has 1 fully saturated rings. The zero-order chi connectivity index (χ0) is 20.7. The monoisotopic (exact) mass is 392 g/mol. The van der Waals surface area contributed by atoms with E-state index in [1.54, 1.807) is 24.1 Å². The van der Waals surface area contributed by atoms with Crippen LogP contribution in [0.2, 0.25) is 0 Å². The van der Waals surface area contributed by atoms with E-state index in [0.29, 0.717) is 35.3 Å². The van der Waals surface area contributed by atoms with Gasteiger partial charge in [0.05, 0.1) is 28.8 Å². The standard InChI is InChI=1S/C22H24N4O3/c1-13(2)26-20-18(12-23-26)17(11-19(24-20)15-7-5-4-6-8-15)21(27)25-10-9-16(14(25)3)22(28)29/h4-8,11-14,16H,9-10H2,1-3H3,(H,28,29). The zero-order valence-corrected chi connectivity index (χ0v) is 16.7. The average Bonchev–Trinajstić information content (AvgIpc) is 3.31. The van der Waals surface area contributed by atoms with Gasteiger partial charge in [0, 0.05) is 24.2 Å². The number of fused-ring (bicyclic) bond motifs is 1. The van der Waals surface area contributed by atoms with Gasteiger partial charge in [-0.3, -0.25) is 9.59 Å². The summed E-state index contributed by atoms with van der Waals surface area (Å²) in [6, 6.07) is 11.2. The Morgan fingerprint density at radius 2 is 1.93 bits per heavy atom. The van der Waals surface area contributed by atoms with Gasteiger partial charge in [0.1, 0.15) is 0 Å². The van der Waals surface area contributed by atoms with Crippen LogP contribution in [0.3, 0.4) is 0 Å². The molecule has 1 aliphatic heterocycles. The summed E-state index contributed by atoms with van der Waals surface area (Å²) in [5, 5.41) is 14.6. The van der Waals surface area contributed by atoms with Crippen LogP contribution in [0.4, 0.5) is 0 Å². The predicted molar refractivity (Wildman–Crippen MR) is 110 cm³/mol. The van der Waals surface area contributed by atoms with Crippen LogP contribution in [-0.4, -0.2) is 49.2 Å². The Labute approximate surface area is 169 Å². The fourth-order valence-corrected chi connectivity index (χ4v) is 4.04. The molecule has 2 atom stereocenters. The number of hydrogen-bond donors (Lipinski definition) is 1. The van der Waals surface area contributed by atoms with Crippen LogP contribution in [0.15, 0.2) is 42.6 Å². The lowest BCUT2D eigenvalue weighted by Gasteiger charge is -2.24. The number of likely N-dealkylation sites (tertiary alicyclic amines) is 1. The molecule has 3 aromatic rings. The van der Waals surface area contributed by atoms with Crippen molar-refractivity contribution in [2.24, 2.45) is 5.92 Å². The Hall–Kier alpha value is -3.22. The van der Waals surface area contributed by atoms with E-state index in [9.17, 15) is 14.7 Å². The lowest BCUT2D eigenvalue weighted by atomic mass is 10.0. The van der Waals surface area contributed by atoms with Crippen LogP contribution < -0.4 is 0 Å². The number of carboxylic acid groups (broad SMARTS) is 1. The van der Waals surface area contributed by atoms with Gasteiger partial charge in [-0.2, -0.15) is 5.10 Å². The molecular formula is C22H24N4O3. The van der Waals surface area contributed by atoms with Gasteiger partial charge < -0.3 is 10.0 Å². The SMILES string of the molecule is CC1C(C(=O)O)CCN1C(=O)c1cc(-c2ccccc2)nc2c1cnn2C(C)C. The number of amides is 1. The molecule has 0 bridgehead atoms. The van der Waals surface area contributed by atoms with Crippen LogP contribution in [0.1, 0.15) is 43.6 Å². The van der Waals surface area contributed by atoms with Crippen molar-refractivity contribution in [3.05, 3.63) is 48.2 Å². The lowest BCUT2D eigenvalue weighted by molar-refractivity contribution is -0.142. The molecule has 150 valence electrons. The molecule has 0 radical (unpaired) electrons. The fraction of sp³-hybridized carbons (Fsp3) is 0.364. The van der Waals surface area contributed by atoms with Crippen molar-refractivity contribution < 1.29 is 14.7 Å². The van der Waals surface area contributed by atoms with Gasteiger partial charge in [-0.1, -0.05) is 30.3 Å². The van der Waals surface area contributed by atoms with Crippen LogP contribution in [0, 0.1) is 5.92 Å². The van der Waals surface area contributed by atoms with Crippen LogP contribution in [0.25, 0.3) is 22.3 Å².